The van der Waals surface area contributed by atoms with Gasteiger partial charge in [-0.1, -0.05) is 30.3 Å². The first-order valence-corrected chi connectivity index (χ1v) is 4.87. The van der Waals surface area contributed by atoms with E-state index in [4.69, 9.17) is 5.73 Å². The summed E-state index contributed by atoms with van der Waals surface area (Å²) in [6.45, 7) is 1.86. The van der Waals surface area contributed by atoms with Gasteiger partial charge in [-0.15, -0.1) is 0 Å². The molecule has 3 N–H and O–H groups in total. The van der Waals surface area contributed by atoms with E-state index in [1.165, 1.54) is 6.92 Å². The van der Waals surface area contributed by atoms with Gasteiger partial charge in [-0.25, -0.2) is 4.79 Å². The topological polar surface area (TPSA) is 81.4 Å². The minimum absolute atomic E-state index is 0.373. The Kier molecular flexibility index (Phi) is 4.32. The molecule has 0 unspecified atom stereocenters. The molecule has 5 heteroatoms. The second-order valence-corrected chi connectivity index (χ2v) is 3.28. The molecular weight excluding hydrogens is 208 g/mol. The zero-order valence-electron chi connectivity index (χ0n) is 8.97. The van der Waals surface area contributed by atoms with Gasteiger partial charge in [0.2, 0.25) is 0 Å². The molecular formula is C11H14N2O3. The molecule has 0 fully saturated rings. The number of hydrogen-bond acceptors (Lipinski definition) is 3. The predicted molar refractivity (Wildman–Crippen MR) is 58.4 cm³/mol. The first-order valence-electron chi connectivity index (χ1n) is 4.87. The van der Waals surface area contributed by atoms with Crippen LogP contribution in [0, 0.1) is 0 Å². The van der Waals surface area contributed by atoms with E-state index in [1.807, 2.05) is 30.3 Å². The average molecular weight is 222 g/mol. The molecule has 1 aromatic carbocycles. The van der Waals surface area contributed by atoms with Gasteiger partial charge in [0.05, 0.1) is 0 Å². The van der Waals surface area contributed by atoms with E-state index in [0.29, 0.717) is 6.54 Å². The third-order valence-corrected chi connectivity index (χ3v) is 1.97. The first-order chi connectivity index (χ1) is 7.59. The van der Waals surface area contributed by atoms with E-state index in [1.54, 1.807) is 0 Å². The molecule has 2 amide bonds. The average Bonchev–Trinajstić information content (AvgIpc) is 2.26. The van der Waals surface area contributed by atoms with Crippen LogP contribution in [0.4, 0.5) is 4.79 Å². The number of rotatable bonds is 4. The minimum atomic E-state index is -0.956. The number of primary amides is 1. The van der Waals surface area contributed by atoms with Crippen LogP contribution in [0.5, 0.6) is 0 Å². The molecule has 0 aliphatic rings. The van der Waals surface area contributed by atoms with Crippen LogP contribution in [0.15, 0.2) is 30.3 Å². The van der Waals surface area contributed by atoms with Crippen molar-refractivity contribution in [3.8, 4) is 0 Å². The van der Waals surface area contributed by atoms with Crippen LogP contribution in [-0.4, -0.2) is 18.1 Å². The first kappa shape index (κ1) is 12.0. The number of carbonyl (C=O) groups is 2. The van der Waals surface area contributed by atoms with E-state index in [-0.39, 0.29) is 5.91 Å². The van der Waals surface area contributed by atoms with Crippen LogP contribution in [0.25, 0.3) is 0 Å². The highest BCUT2D eigenvalue weighted by molar-refractivity contribution is 5.82. The monoisotopic (exact) mass is 222 g/mol. The molecule has 0 saturated carbocycles. The predicted octanol–water partition coefficient (Wildman–Crippen LogP) is 0.787. The fourth-order valence-electron chi connectivity index (χ4n) is 1.16. The molecule has 0 aromatic heterocycles. The Balaban J connectivity index is 2.38. The van der Waals surface area contributed by atoms with Gasteiger partial charge in [0.25, 0.3) is 5.91 Å². The summed E-state index contributed by atoms with van der Waals surface area (Å²) in [5, 5.41) is 2.63. The molecule has 0 spiro atoms. The smallest absolute Gasteiger partial charge is 0.405 e. The molecule has 1 atom stereocenters. The quantitative estimate of drug-likeness (QED) is 0.790. The molecule has 1 aromatic rings. The SMILES string of the molecule is C[C@H](OC(N)=O)C(=O)NCc1ccccc1. The fraction of sp³-hybridized carbons (Fsp3) is 0.273. The number of nitrogens with two attached hydrogens (primary N) is 1. The molecule has 1 rings (SSSR count). The fourth-order valence-corrected chi connectivity index (χ4v) is 1.16. The second kappa shape index (κ2) is 5.75. The van der Waals surface area contributed by atoms with E-state index in [9.17, 15) is 9.59 Å². The van der Waals surface area contributed by atoms with Gasteiger partial charge in [0.15, 0.2) is 6.10 Å². The number of hydrogen-bond donors (Lipinski definition) is 2. The van der Waals surface area contributed by atoms with E-state index < -0.39 is 12.2 Å². The van der Waals surface area contributed by atoms with Gasteiger partial charge in [-0.2, -0.15) is 0 Å². The van der Waals surface area contributed by atoms with Crippen molar-refractivity contribution in [2.45, 2.75) is 19.6 Å². The maximum absolute atomic E-state index is 11.4. The summed E-state index contributed by atoms with van der Waals surface area (Å²) >= 11 is 0. The molecule has 86 valence electrons. The third kappa shape index (κ3) is 4.00. The van der Waals surface area contributed by atoms with Crippen molar-refractivity contribution < 1.29 is 14.3 Å². The Hall–Kier alpha value is -2.04. The van der Waals surface area contributed by atoms with Gasteiger partial charge >= 0.3 is 6.09 Å². The molecule has 16 heavy (non-hydrogen) atoms. The molecule has 5 nitrogen and oxygen atoms in total. The molecule has 0 bridgehead atoms. The number of benzene rings is 1. The van der Waals surface area contributed by atoms with Gasteiger partial charge in [-0.05, 0) is 12.5 Å². The summed E-state index contributed by atoms with van der Waals surface area (Å²) in [7, 11) is 0. The second-order valence-electron chi connectivity index (χ2n) is 3.28. The van der Waals surface area contributed by atoms with E-state index >= 15 is 0 Å². The number of carbonyl (C=O) groups excluding carboxylic acids is 2. The summed E-state index contributed by atoms with van der Waals surface area (Å²) < 4.78 is 4.53. The Morgan fingerprint density at radius 2 is 2.00 bits per heavy atom. The standard InChI is InChI=1S/C11H14N2O3/c1-8(16-11(12)15)10(14)13-7-9-5-3-2-4-6-9/h2-6,8H,7H2,1H3,(H2,12,15)(H,13,14)/t8-/m0/s1. The molecule has 0 heterocycles. The van der Waals surface area contributed by atoms with Crippen LogP contribution in [0.2, 0.25) is 0 Å². The van der Waals surface area contributed by atoms with Crippen molar-refractivity contribution in [3.05, 3.63) is 35.9 Å². The lowest BCUT2D eigenvalue weighted by molar-refractivity contribution is -0.128. The Morgan fingerprint density at radius 1 is 1.38 bits per heavy atom. The number of ether oxygens (including phenoxy) is 1. The van der Waals surface area contributed by atoms with Crippen LogP contribution < -0.4 is 11.1 Å². The van der Waals surface area contributed by atoms with Crippen molar-refractivity contribution in [2.75, 3.05) is 0 Å². The Morgan fingerprint density at radius 3 is 2.56 bits per heavy atom. The van der Waals surface area contributed by atoms with Gasteiger partial charge in [-0.3, -0.25) is 4.79 Å². The van der Waals surface area contributed by atoms with Crippen LogP contribution in [-0.2, 0) is 16.1 Å². The number of amides is 2. The molecule has 0 aliphatic carbocycles. The van der Waals surface area contributed by atoms with Gasteiger partial charge < -0.3 is 15.8 Å². The summed E-state index contributed by atoms with van der Waals surface area (Å²) in [6.07, 6.45) is -1.83. The van der Waals surface area contributed by atoms with Gasteiger partial charge in [0, 0.05) is 6.54 Å². The van der Waals surface area contributed by atoms with Crippen molar-refractivity contribution >= 4 is 12.0 Å². The third-order valence-electron chi connectivity index (χ3n) is 1.97. The normalized spacial score (nSPS) is 11.6. The van der Waals surface area contributed by atoms with Crippen LogP contribution in [0.1, 0.15) is 12.5 Å². The highest BCUT2D eigenvalue weighted by atomic mass is 16.6. The highest BCUT2D eigenvalue weighted by Gasteiger charge is 2.15. The Bertz CT molecular complexity index is 365. The van der Waals surface area contributed by atoms with Crippen LogP contribution in [0.3, 0.4) is 0 Å². The summed E-state index contributed by atoms with van der Waals surface area (Å²) in [5.41, 5.74) is 5.77. The maximum atomic E-state index is 11.4. The Labute approximate surface area is 93.6 Å². The van der Waals surface area contributed by atoms with Crippen molar-refractivity contribution in [1.82, 2.24) is 5.32 Å². The largest absolute Gasteiger partial charge is 0.437 e. The van der Waals surface area contributed by atoms with Crippen molar-refractivity contribution in [1.29, 1.82) is 0 Å². The summed E-state index contributed by atoms with van der Waals surface area (Å²) in [5.74, 6) is -0.373. The lowest BCUT2D eigenvalue weighted by atomic mass is 10.2. The molecule has 0 aliphatic heterocycles. The number of nitrogens with one attached hydrogen (secondary N) is 1. The minimum Gasteiger partial charge on any atom is -0.437 e. The molecule has 0 radical (unpaired) electrons. The molecule has 0 saturated heterocycles. The zero-order valence-corrected chi connectivity index (χ0v) is 8.97. The van der Waals surface area contributed by atoms with Crippen LogP contribution >= 0.6 is 0 Å². The lowest BCUT2D eigenvalue weighted by Crippen LogP contribution is -2.36. The van der Waals surface area contributed by atoms with Gasteiger partial charge in [0.1, 0.15) is 0 Å². The summed E-state index contributed by atoms with van der Waals surface area (Å²) in [4.78, 5) is 21.8. The zero-order chi connectivity index (χ0) is 12.0. The van der Waals surface area contributed by atoms with E-state index in [2.05, 4.69) is 10.1 Å². The summed E-state index contributed by atoms with van der Waals surface area (Å²) in [6, 6.07) is 9.43. The lowest BCUT2D eigenvalue weighted by Gasteiger charge is -2.11. The van der Waals surface area contributed by atoms with Crippen molar-refractivity contribution in [2.24, 2.45) is 5.73 Å². The van der Waals surface area contributed by atoms with Crippen molar-refractivity contribution in [3.63, 3.8) is 0 Å². The maximum Gasteiger partial charge on any atom is 0.405 e. The highest BCUT2D eigenvalue weighted by Crippen LogP contribution is 1.98. The van der Waals surface area contributed by atoms with E-state index in [0.717, 1.165) is 5.56 Å².